The largest absolute Gasteiger partial charge is 0.461 e. The molecule has 0 aliphatic carbocycles. The highest BCUT2D eigenvalue weighted by Crippen LogP contribution is 2.01. The maximum absolute atomic E-state index is 10.8. The van der Waals surface area contributed by atoms with Crippen LogP contribution in [0.1, 0.15) is 24.6 Å². The summed E-state index contributed by atoms with van der Waals surface area (Å²) in [4.78, 5) is 14.9. The molecule has 0 spiro atoms. The summed E-state index contributed by atoms with van der Waals surface area (Å²) < 4.78 is 4.94. The van der Waals surface area contributed by atoms with Gasteiger partial charge in [-0.15, -0.1) is 0 Å². The van der Waals surface area contributed by atoms with Crippen LogP contribution < -0.4 is 0 Å². The van der Waals surface area contributed by atoms with Gasteiger partial charge >= 0.3 is 5.97 Å². The average molecular weight is 179 g/mol. The molecule has 0 atom stereocenters. The zero-order valence-corrected chi connectivity index (χ0v) is 7.91. The van der Waals surface area contributed by atoms with E-state index in [9.17, 15) is 4.79 Å². The van der Waals surface area contributed by atoms with Gasteiger partial charge in [-0.25, -0.2) is 0 Å². The quantitative estimate of drug-likeness (QED) is 0.664. The van der Waals surface area contributed by atoms with Gasteiger partial charge in [0.1, 0.15) is 6.61 Å². The average Bonchev–Trinajstić information content (AvgIpc) is 2.16. The first-order valence-corrected chi connectivity index (χ1v) is 4.29. The molecule has 0 saturated heterocycles. The molecule has 1 rings (SSSR count). The number of pyridine rings is 1. The minimum atomic E-state index is -0.180. The molecular formula is C10H13NO2. The fourth-order valence-corrected chi connectivity index (χ4v) is 0.850. The van der Waals surface area contributed by atoms with E-state index in [2.05, 4.69) is 4.98 Å². The van der Waals surface area contributed by atoms with E-state index in [1.807, 2.05) is 19.1 Å². The Balaban J connectivity index is 2.46. The first kappa shape index (κ1) is 9.71. The van der Waals surface area contributed by atoms with E-state index in [1.54, 1.807) is 13.1 Å². The van der Waals surface area contributed by atoms with Crippen molar-refractivity contribution in [2.45, 2.75) is 26.9 Å². The lowest BCUT2D eigenvalue weighted by molar-refractivity contribution is -0.144. The molecule has 0 aromatic carbocycles. The van der Waals surface area contributed by atoms with Gasteiger partial charge in [-0.3, -0.25) is 9.78 Å². The van der Waals surface area contributed by atoms with Crippen molar-refractivity contribution in [3.05, 3.63) is 29.6 Å². The molecule has 0 N–H and O–H groups in total. The lowest BCUT2D eigenvalue weighted by Crippen LogP contribution is -2.02. The second kappa shape index (κ2) is 4.60. The number of aromatic nitrogens is 1. The number of carbonyl (C=O) groups is 1. The van der Waals surface area contributed by atoms with Crippen LogP contribution in [-0.4, -0.2) is 11.0 Å². The van der Waals surface area contributed by atoms with E-state index in [0.717, 1.165) is 11.3 Å². The SMILES string of the molecule is CCC(=O)OCc1ccc(C)nc1. The zero-order chi connectivity index (χ0) is 9.68. The van der Waals surface area contributed by atoms with E-state index in [4.69, 9.17) is 4.74 Å². The number of rotatable bonds is 3. The van der Waals surface area contributed by atoms with Crippen LogP contribution in [-0.2, 0) is 16.1 Å². The van der Waals surface area contributed by atoms with Crippen LogP contribution in [0.5, 0.6) is 0 Å². The molecule has 0 fully saturated rings. The second-order valence-electron chi connectivity index (χ2n) is 2.82. The Kier molecular flexibility index (Phi) is 3.43. The molecule has 0 bridgehead atoms. The van der Waals surface area contributed by atoms with Crippen LogP contribution in [0, 0.1) is 6.92 Å². The highest BCUT2D eigenvalue weighted by molar-refractivity contribution is 5.68. The fraction of sp³-hybridized carbons (Fsp3) is 0.400. The molecule has 1 aromatic heterocycles. The maximum Gasteiger partial charge on any atom is 0.305 e. The fourth-order valence-electron chi connectivity index (χ4n) is 0.850. The minimum Gasteiger partial charge on any atom is -0.461 e. The summed E-state index contributed by atoms with van der Waals surface area (Å²) in [5.74, 6) is -0.180. The van der Waals surface area contributed by atoms with Gasteiger partial charge < -0.3 is 4.74 Å². The van der Waals surface area contributed by atoms with Crippen molar-refractivity contribution in [2.75, 3.05) is 0 Å². The van der Waals surface area contributed by atoms with Gasteiger partial charge in [-0.05, 0) is 13.0 Å². The summed E-state index contributed by atoms with van der Waals surface area (Å²) in [6, 6.07) is 3.81. The Labute approximate surface area is 77.8 Å². The first-order chi connectivity index (χ1) is 6.22. The van der Waals surface area contributed by atoms with Crippen molar-refractivity contribution in [1.82, 2.24) is 4.98 Å². The molecule has 1 heterocycles. The summed E-state index contributed by atoms with van der Waals surface area (Å²) in [6.07, 6.45) is 2.14. The molecule has 0 aliphatic heterocycles. The van der Waals surface area contributed by atoms with Crippen LogP contribution in [0.4, 0.5) is 0 Å². The highest BCUT2D eigenvalue weighted by atomic mass is 16.5. The predicted octanol–water partition coefficient (Wildman–Crippen LogP) is 1.84. The van der Waals surface area contributed by atoms with Gasteiger partial charge in [-0.1, -0.05) is 13.0 Å². The van der Waals surface area contributed by atoms with Gasteiger partial charge in [-0.2, -0.15) is 0 Å². The molecule has 0 amide bonds. The molecule has 0 saturated carbocycles. The molecule has 13 heavy (non-hydrogen) atoms. The van der Waals surface area contributed by atoms with Crippen molar-refractivity contribution in [3.8, 4) is 0 Å². The summed E-state index contributed by atoms with van der Waals surface area (Å²) in [5, 5.41) is 0. The van der Waals surface area contributed by atoms with Gasteiger partial charge in [0.25, 0.3) is 0 Å². The van der Waals surface area contributed by atoms with Crippen molar-refractivity contribution in [1.29, 1.82) is 0 Å². The Hall–Kier alpha value is -1.38. The first-order valence-electron chi connectivity index (χ1n) is 4.29. The van der Waals surface area contributed by atoms with Gasteiger partial charge in [0.05, 0.1) is 0 Å². The third-order valence-corrected chi connectivity index (χ3v) is 1.66. The summed E-state index contributed by atoms with van der Waals surface area (Å²) >= 11 is 0. The Morgan fingerprint density at radius 2 is 2.31 bits per heavy atom. The summed E-state index contributed by atoms with van der Waals surface area (Å²) in [5.41, 5.74) is 1.89. The topological polar surface area (TPSA) is 39.2 Å². The Bertz CT molecular complexity index is 279. The number of hydrogen-bond acceptors (Lipinski definition) is 3. The standard InChI is InChI=1S/C10H13NO2/c1-3-10(12)13-7-9-5-4-8(2)11-6-9/h4-6H,3,7H2,1-2H3. The lowest BCUT2D eigenvalue weighted by atomic mass is 10.3. The van der Waals surface area contributed by atoms with E-state index in [1.165, 1.54) is 0 Å². The third-order valence-electron chi connectivity index (χ3n) is 1.66. The van der Waals surface area contributed by atoms with E-state index < -0.39 is 0 Å². The molecule has 70 valence electrons. The third kappa shape index (κ3) is 3.23. The highest BCUT2D eigenvalue weighted by Gasteiger charge is 1.99. The second-order valence-corrected chi connectivity index (χ2v) is 2.82. The van der Waals surface area contributed by atoms with Crippen molar-refractivity contribution in [3.63, 3.8) is 0 Å². The summed E-state index contributed by atoms with van der Waals surface area (Å²) in [7, 11) is 0. The van der Waals surface area contributed by atoms with E-state index in [0.29, 0.717) is 13.0 Å². The number of hydrogen-bond donors (Lipinski definition) is 0. The summed E-state index contributed by atoms with van der Waals surface area (Å²) in [6.45, 7) is 4.01. The monoisotopic (exact) mass is 179 g/mol. The van der Waals surface area contributed by atoms with Crippen LogP contribution >= 0.6 is 0 Å². The Morgan fingerprint density at radius 3 is 2.85 bits per heavy atom. The van der Waals surface area contributed by atoms with Crippen molar-refractivity contribution in [2.24, 2.45) is 0 Å². The molecule has 3 nitrogen and oxygen atoms in total. The number of ether oxygens (including phenoxy) is 1. The van der Waals surface area contributed by atoms with Crippen LogP contribution in [0.3, 0.4) is 0 Å². The van der Waals surface area contributed by atoms with Crippen molar-refractivity contribution >= 4 is 5.97 Å². The Morgan fingerprint density at radius 1 is 1.54 bits per heavy atom. The van der Waals surface area contributed by atoms with Gasteiger partial charge in [0.15, 0.2) is 0 Å². The molecule has 1 aromatic rings. The van der Waals surface area contributed by atoms with Crippen LogP contribution in [0.2, 0.25) is 0 Å². The number of esters is 1. The van der Waals surface area contributed by atoms with Crippen LogP contribution in [0.25, 0.3) is 0 Å². The van der Waals surface area contributed by atoms with Crippen LogP contribution in [0.15, 0.2) is 18.3 Å². The molecule has 3 heteroatoms. The van der Waals surface area contributed by atoms with Gasteiger partial charge in [0.2, 0.25) is 0 Å². The lowest BCUT2D eigenvalue weighted by Gasteiger charge is -2.02. The normalized spacial score (nSPS) is 9.69. The number of aryl methyl sites for hydroxylation is 1. The molecular weight excluding hydrogens is 166 g/mol. The molecule has 0 radical (unpaired) electrons. The number of carbonyl (C=O) groups excluding carboxylic acids is 1. The van der Waals surface area contributed by atoms with Crippen molar-refractivity contribution < 1.29 is 9.53 Å². The molecule has 0 aliphatic rings. The smallest absolute Gasteiger partial charge is 0.305 e. The number of nitrogens with zero attached hydrogens (tertiary/aromatic N) is 1. The predicted molar refractivity (Wildman–Crippen MR) is 49.1 cm³/mol. The zero-order valence-electron chi connectivity index (χ0n) is 7.91. The maximum atomic E-state index is 10.8. The minimum absolute atomic E-state index is 0.180. The van der Waals surface area contributed by atoms with Gasteiger partial charge in [0, 0.05) is 23.9 Å². The van der Waals surface area contributed by atoms with E-state index >= 15 is 0 Å². The molecule has 0 unspecified atom stereocenters. The van der Waals surface area contributed by atoms with E-state index in [-0.39, 0.29) is 5.97 Å².